The van der Waals surface area contributed by atoms with Crippen LogP contribution < -0.4 is 10.5 Å². The zero-order chi connectivity index (χ0) is 15.6. The first kappa shape index (κ1) is 18.3. The molecule has 2 N–H and O–H groups in total. The van der Waals surface area contributed by atoms with Crippen LogP contribution in [0, 0.1) is 6.92 Å². The summed E-state index contributed by atoms with van der Waals surface area (Å²) in [6.45, 7) is 1.61. The molecule has 3 nitrogen and oxygen atoms in total. The summed E-state index contributed by atoms with van der Waals surface area (Å²) in [4.78, 5) is 4.13. The number of rotatable bonds is 3. The van der Waals surface area contributed by atoms with E-state index in [1.54, 1.807) is 12.1 Å². The fourth-order valence-electron chi connectivity index (χ4n) is 2.04. The molecule has 0 bridgehead atoms. The monoisotopic (exact) mass is 332 g/mol. The fourth-order valence-corrected chi connectivity index (χ4v) is 2.04. The third-order valence-corrected chi connectivity index (χ3v) is 3.14. The predicted molar refractivity (Wildman–Crippen MR) is 81.1 cm³/mol. The van der Waals surface area contributed by atoms with Gasteiger partial charge in [0, 0.05) is 17.7 Å². The van der Waals surface area contributed by atoms with Gasteiger partial charge in [-0.15, -0.1) is 12.4 Å². The Morgan fingerprint density at radius 1 is 1.18 bits per heavy atom. The molecule has 0 atom stereocenters. The SMILES string of the molecule is COc1nc(-c2ccc(C)cc2)cc(C(F)(F)F)c1CN.Cl. The van der Waals surface area contributed by atoms with Crippen LogP contribution in [0.4, 0.5) is 13.2 Å². The Labute approximate surface area is 132 Å². The molecule has 1 aromatic heterocycles. The molecule has 0 saturated heterocycles. The molecule has 120 valence electrons. The molecule has 0 aliphatic heterocycles. The molecule has 7 heteroatoms. The van der Waals surface area contributed by atoms with Crippen molar-refractivity contribution in [1.29, 1.82) is 0 Å². The summed E-state index contributed by atoms with van der Waals surface area (Å²) in [6.07, 6.45) is -4.51. The van der Waals surface area contributed by atoms with E-state index in [2.05, 4.69) is 4.98 Å². The maximum Gasteiger partial charge on any atom is 0.416 e. The number of methoxy groups -OCH3 is 1. The van der Waals surface area contributed by atoms with Crippen LogP contribution in [0.15, 0.2) is 30.3 Å². The second-order valence-corrected chi connectivity index (χ2v) is 4.61. The van der Waals surface area contributed by atoms with Crippen LogP contribution in [0.5, 0.6) is 5.88 Å². The molecule has 1 aromatic carbocycles. The van der Waals surface area contributed by atoms with Crippen LogP contribution in [0.25, 0.3) is 11.3 Å². The van der Waals surface area contributed by atoms with Crippen molar-refractivity contribution in [3.63, 3.8) is 0 Å². The average molecular weight is 333 g/mol. The number of ether oxygens (including phenoxy) is 1. The maximum atomic E-state index is 13.2. The first-order valence-corrected chi connectivity index (χ1v) is 6.29. The number of nitrogens with two attached hydrogens (primary N) is 1. The standard InChI is InChI=1S/C15H15F3N2O.ClH/c1-9-3-5-10(6-4-9)13-7-12(15(16,17)18)11(8-19)14(20-13)21-2;/h3-7H,8,19H2,1-2H3;1H. The van der Waals surface area contributed by atoms with Gasteiger partial charge in [0.1, 0.15) is 0 Å². The highest BCUT2D eigenvalue weighted by Crippen LogP contribution is 2.37. The summed E-state index contributed by atoms with van der Waals surface area (Å²) >= 11 is 0. The molecular formula is C15H16ClF3N2O. The fraction of sp³-hybridized carbons (Fsp3) is 0.267. The largest absolute Gasteiger partial charge is 0.481 e. The van der Waals surface area contributed by atoms with E-state index < -0.39 is 11.7 Å². The molecule has 0 aliphatic rings. The summed E-state index contributed by atoms with van der Waals surface area (Å²) in [5.41, 5.74) is 6.27. The minimum atomic E-state index is -4.51. The Morgan fingerprint density at radius 2 is 1.77 bits per heavy atom. The summed E-state index contributed by atoms with van der Waals surface area (Å²) < 4.78 is 44.5. The summed E-state index contributed by atoms with van der Waals surface area (Å²) in [6, 6.07) is 8.08. The van der Waals surface area contributed by atoms with Crippen LogP contribution in [-0.2, 0) is 12.7 Å². The average Bonchev–Trinajstić information content (AvgIpc) is 2.45. The van der Waals surface area contributed by atoms with E-state index in [-0.39, 0.29) is 36.1 Å². The quantitative estimate of drug-likeness (QED) is 0.925. The third kappa shape index (κ3) is 3.69. The van der Waals surface area contributed by atoms with Crippen molar-refractivity contribution < 1.29 is 17.9 Å². The predicted octanol–water partition coefficient (Wildman–Crippen LogP) is 3.96. The van der Waals surface area contributed by atoms with Crippen molar-refractivity contribution in [1.82, 2.24) is 4.98 Å². The number of halogens is 4. The lowest BCUT2D eigenvalue weighted by Gasteiger charge is -2.16. The molecule has 0 amide bonds. The Kier molecular flexibility index (Phi) is 5.79. The van der Waals surface area contributed by atoms with Crippen LogP contribution in [0.1, 0.15) is 16.7 Å². The normalized spacial score (nSPS) is 11.0. The molecule has 0 aliphatic carbocycles. The van der Waals surface area contributed by atoms with Crippen LogP contribution in [-0.4, -0.2) is 12.1 Å². The Bertz CT molecular complexity index is 642. The number of hydrogen-bond acceptors (Lipinski definition) is 3. The zero-order valence-electron chi connectivity index (χ0n) is 12.1. The van der Waals surface area contributed by atoms with E-state index >= 15 is 0 Å². The van der Waals surface area contributed by atoms with Gasteiger partial charge in [0.25, 0.3) is 0 Å². The molecule has 0 spiro atoms. The van der Waals surface area contributed by atoms with Gasteiger partial charge in [-0.2, -0.15) is 13.2 Å². The van der Waals surface area contributed by atoms with Crippen LogP contribution >= 0.6 is 12.4 Å². The Balaban J connectivity index is 0.00000242. The highest BCUT2D eigenvalue weighted by molar-refractivity contribution is 5.85. The van der Waals surface area contributed by atoms with Gasteiger partial charge in [0.15, 0.2) is 0 Å². The van der Waals surface area contributed by atoms with E-state index in [1.807, 2.05) is 19.1 Å². The van der Waals surface area contributed by atoms with Crippen molar-refractivity contribution in [3.8, 4) is 17.1 Å². The first-order valence-electron chi connectivity index (χ1n) is 6.29. The highest BCUT2D eigenvalue weighted by atomic mass is 35.5. The van der Waals surface area contributed by atoms with Gasteiger partial charge in [-0.1, -0.05) is 29.8 Å². The second-order valence-electron chi connectivity index (χ2n) is 4.61. The van der Waals surface area contributed by atoms with E-state index in [9.17, 15) is 13.2 Å². The second kappa shape index (κ2) is 6.98. The topological polar surface area (TPSA) is 48.1 Å². The number of aryl methyl sites for hydroxylation is 1. The summed E-state index contributed by atoms with van der Waals surface area (Å²) in [5, 5.41) is 0. The van der Waals surface area contributed by atoms with Crippen molar-refractivity contribution in [3.05, 3.63) is 47.0 Å². The van der Waals surface area contributed by atoms with E-state index in [1.165, 1.54) is 7.11 Å². The lowest BCUT2D eigenvalue weighted by Crippen LogP contribution is -2.14. The van der Waals surface area contributed by atoms with Crippen molar-refractivity contribution >= 4 is 12.4 Å². The van der Waals surface area contributed by atoms with Crippen molar-refractivity contribution in [2.24, 2.45) is 5.73 Å². The van der Waals surface area contributed by atoms with Gasteiger partial charge in [-0.3, -0.25) is 0 Å². The number of hydrogen-bond donors (Lipinski definition) is 1. The minimum absolute atomic E-state index is 0. The molecule has 2 rings (SSSR count). The van der Waals surface area contributed by atoms with Crippen molar-refractivity contribution in [2.45, 2.75) is 19.6 Å². The number of aromatic nitrogens is 1. The third-order valence-electron chi connectivity index (χ3n) is 3.14. The Hall–Kier alpha value is -1.79. The van der Waals surface area contributed by atoms with E-state index in [4.69, 9.17) is 10.5 Å². The van der Waals surface area contributed by atoms with E-state index in [0.29, 0.717) is 5.56 Å². The smallest absolute Gasteiger partial charge is 0.416 e. The van der Waals surface area contributed by atoms with Crippen LogP contribution in [0.2, 0.25) is 0 Å². The molecule has 0 radical (unpaired) electrons. The molecule has 1 heterocycles. The molecule has 0 fully saturated rings. The summed E-state index contributed by atoms with van der Waals surface area (Å²) in [5.74, 6) is -0.0945. The highest BCUT2D eigenvalue weighted by Gasteiger charge is 2.35. The molecular weight excluding hydrogens is 317 g/mol. The molecule has 0 unspecified atom stereocenters. The lowest BCUT2D eigenvalue weighted by molar-refractivity contribution is -0.138. The molecule has 2 aromatic rings. The van der Waals surface area contributed by atoms with Crippen molar-refractivity contribution in [2.75, 3.05) is 7.11 Å². The molecule has 22 heavy (non-hydrogen) atoms. The van der Waals surface area contributed by atoms with Gasteiger partial charge in [0.2, 0.25) is 5.88 Å². The van der Waals surface area contributed by atoms with Gasteiger partial charge in [0.05, 0.1) is 18.4 Å². The first-order chi connectivity index (χ1) is 9.86. The minimum Gasteiger partial charge on any atom is -0.481 e. The Morgan fingerprint density at radius 3 is 2.23 bits per heavy atom. The number of benzene rings is 1. The zero-order valence-corrected chi connectivity index (χ0v) is 12.9. The maximum absolute atomic E-state index is 13.2. The van der Waals surface area contributed by atoms with Gasteiger partial charge in [-0.25, -0.2) is 4.98 Å². The summed E-state index contributed by atoms with van der Waals surface area (Å²) in [7, 11) is 1.28. The number of nitrogens with zero attached hydrogens (tertiary/aromatic N) is 1. The number of alkyl halides is 3. The van der Waals surface area contributed by atoms with Gasteiger partial charge < -0.3 is 10.5 Å². The number of pyridine rings is 1. The molecule has 0 saturated carbocycles. The van der Waals surface area contributed by atoms with Gasteiger partial charge in [-0.05, 0) is 13.0 Å². The van der Waals surface area contributed by atoms with Gasteiger partial charge >= 0.3 is 6.18 Å². The lowest BCUT2D eigenvalue weighted by atomic mass is 10.0. The van der Waals surface area contributed by atoms with Crippen LogP contribution in [0.3, 0.4) is 0 Å². The van der Waals surface area contributed by atoms with E-state index in [0.717, 1.165) is 11.6 Å².